The minimum Gasteiger partial charge on any atom is -0.508 e. The van der Waals surface area contributed by atoms with E-state index in [2.05, 4.69) is 17.6 Å². The number of unbranched alkanes of at least 4 members (excludes halogenated alkanes) is 2. The van der Waals surface area contributed by atoms with E-state index in [1.807, 2.05) is 13.8 Å². The van der Waals surface area contributed by atoms with Crippen LogP contribution in [0.4, 0.5) is 4.79 Å². The van der Waals surface area contributed by atoms with Crippen molar-refractivity contribution in [2.24, 2.45) is 5.92 Å². The van der Waals surface area contributed by atoms with Gasteiger partial charge in [-0.2, -0.15) is 0 Å². The largest absolute Gasteiger partial charge is 0.508 e. The Morgan fingerprint density at radius 1 is 1.08 bits per heavy atom. The van der Waals surface area contributed by atoms with E-state index >= 15 is 0 Å². The molecule has 2 unspecified atom stereocenters. The third-order valence-electron chi connectivity index (χ3n) is 6.72. The Morgan fingerprint density at radius 3 is 2.32 bits per heavy atom. The lowest BCUT2D eigenvalue weighted by molar-refractivity contribution is -0.143. The number of nitrogens with one attached hydrogen (secondary N) is 2. The van der Waals surface area contributed by atoms with Crippen LogP contribution in [0.1, 0.15) is 111 Å². The van der Waals surface area contributed by atoms with E-state index in [1.54, 1.807) is 43.9 Å². The molecule has 0 spiro atoms. The molecule has 0 bridgehead atoms. The van der Waals surface area contributed by atoms with Crippen molar-refractivity contribution in [2.45, 2.75) is 123 Å². The van der Waals surface area contributed by atoms with Crippen LogP contribution in [-0.2, 0) is 14.3 Å². The molecular formula is C30H49N3O5. The summed E-state index contributed by atoms with van der Waals surface area (Å²) in [6.07, 6.45) is 7.32. The van der Waals surface area contributed by atoms with Gasteiger partial charge in [0, 0.05) is 18.2 Å². The summed E-state index contributed by atoms with van der Waals surface area (Å²) >= 11 is 0. The van der Waals surface area contributed by atoms with Crippen molar-refractivity contribution in [3.8, 4) is 5.75 Å². The number of aromatic hydroxyl groups is 1. The molecule has 38 heavy (non-hydrogen) atoms. The highest BCUT2D eigenvalue weighted by Gasteiger charge is 2.38. The first-order valence-corrected chi connectivity index (χ1v) is 14.3. The Kier molecular flexibility index (Phi) is 12.4. The van der Waals surface area contributed by atoms with Crippen molar-refractivity contribution in [1.29, 1.82) is 0 Å². The molecule has 1 aliphatic rings. The Balaban J connectivity index is 2.47. The highest BCUT2D eigenvalue weighted by Crippen LogP contribution is 2.31. The number of amides is 3. The predicted molar refractivity (Wildman–Crippen MR) is 150 cm³/mol. The maximum Gasteiger partial charge on any atom is 0.408 e. The molecule has 1 fully saturated rings. The monoisotopic (exact) mass is 531 g/mol. The first kappa shape index (κ1) is 31.4. The number of ether oxygens (including phenoxy) is 1. The summed E-state index contributed by atoms with van der Waals surface area (Å²) < 4.78 is 5.45. The summed E-state index contributed by atoms with van der Waals surface area (Å²) in [5.41, 5.74) is -0.333. The van der Waals surface area contributed by atoms with Crippen LogP contribution in [0.5, 0.6) is 5.75 Å². The van der Waals surface area contributed by atoms with Crippen LogP contribution in [0.2, 0.25) is 0 Å². The number of carbonyl (C=O) groups excluding carboxylic acids is 3. The zero-order valence-corrected chi connectivity index (χ0v) is 24.2. The average molecular weight is 532 g/mol. The lowest BCUT2D eigenvalue weighted by Crippen LogP contribution is -2.54. The summed E-state index contributed by atoms with van der Waals surface area (Å²) in [4.78, 5) is 42.3. The topological polar surface area (TPSA) is 108 Å². The highest BCUT2D eigenvalue weighted by molar-refractivity contribution is 5.92. The van der Waals surface area contributed by atoms with Crippen LogP contribution in [-0.4, -0.2) is 52.1 Å². The molecule has 0 heterocycles. The standard InChI is InChI=1S/C30H49N3O5/c1-7-8-14-19-33(28(36)24(20-21(2)3)32-29(37)38-30(4,5)6)26(23-17-12-13-18-25(23)34)27(35)31-22-15-10-9-11-16-22/h12-13,17-18,21-22,24,26,34H,7-11,14-16,19-20H2,1-6H3,(H,31,35)(H,32,37). The molecule has 0 saturated heterocycles. The first-order valence-electron chi connectivity index (χ1n) is 14.3. The predicted octanol–water partition coefficient (Wildman–Crippen LogP) is 5.84. The number of hydrogen-bond donors (Lipinski definition) is 3. The van der Waals surface area contributed by atoms with Crippen LogP contribution in [0, 0.1) is 5.92 Å². The second-order valence-electron chi connectivity index (χ2n) is 11.9. The minimum atomic E-state index is -1.02. The Labute approximate surface area is 228 Å². The van der Waals surface area contributed by atoms with Crippen LogP contribution in [0.25, 0.3) is 0 Å². The summed E-state index contributed by atoms with van der Waals surface area (Å²) in [6, 6.07) is 4.84. The minimum absolute atomic E-state index is 0.0369. The van der Waals surface area contributed by atoms with Gasteiger partial charge in [0.2, 0.25) is 11.8 Å². The normalized spacial score (nSPS) is 16.0. The molecule has 2 rings (SSSR count). The van der Waals surface area contributed by atoms with Crippen molar-refractivity contribution < 1.29 is 24.2 Å². The average Bonchev–Trinajstić information content (AvgIpc) is 2.83. The molecule has 214 valence electrons. The lowest BCUT2D eigenvalue weighted by atomic mass is 9.94. The van der Waals surface area contributed by atoms with E-state index in [0.717, 1.165) is 44.9 Å². The lowest BCUT2D eigenvalue weighted by Gasteiger charge is -2.36. The van der Waals surface area contributed by atoms with Gasteiger partial charge in [-0.1, -0.05) is 71.1 Å². The van der Waals surface area contributed by atoms with Gasteiger partial charge in [-0.25, -0.2) is 4.79 Å². The molecule has 8 nitrogen and oxygen atoms in total. The van der Waals surface area contributed by atoms with E-state index < -0.39 is 23.8 Å². The Morgan fingerprint density at radius 2 is 1.74 bits per heavy atom. The second kappa shape index (κ2) is 15.0. The zero-order chi connectivity index (χ0) is 28.3. The van der Waals surface area contributed by atoms with Crippen molar-refractivity contribution in [2.75, 3.05) is 6.54 Å². The number of nitrogens with zero attached hydrogens (tertiary/aromatic N) is 1. The van der Waals surface area contributed by atoms with Crippen LogP contribution in [0.15, 0.2) is 24.3 Å². The smallest absolute Gasteiger partial charge is 0.408 e. The van der Waals surface area contributed by atoms with Crippen molar-refractivity contribution in [3.05, 3.63) is 29.8 Å². The molecule has 2 atom stereocenters. The first-order chi connectivity index (χ1) is 17.9. The molecule has 1 aromatic rings. The van der Waals surface area contributed by atoms with E-state index in [-0.39, 0.29) is 29.5 Å². The fourth-order valence-corrected chi connectivity index (χ4v) is 4.94. The highest BCUT2D eigenvalue weighted by atomic mass is 16.6. The van der Waals surface area contributed by atoms with Gasteiger partial charge in [0.25, 0.3) is 0 Å². The number of phenols is 1. The van der Waals surface area contributed by atoms with Gasteiger partial charge in [-0.05, 0) is 58.4 Å². The van der Waals surface area contributed by atoms with Gasteiger partial charge in [0.05, 0.1) is 0 Å². The Hall–Kier alpha value is -2.77. The summed E-state index contributed by atoms with van der Waals surface area (Å²) in [7, 11) is 0. The van der Waals surface area contributed by atoms with Gasteiger partial charge in [0.15, 0.2) is 0 Å². The third-order valence-corrected chi connectivity index (χ3v) is 6.72. The van der Waals surface area contributed by atoms with Crippen molar-refractivity contribution in [1.82, 2.24) is 15.5 Å². The van der Waals surface area contributed by atoms with Gasteiger partial charge in [-0.15, -0.1) is 0 Å². The summed E-state index contributed by atoms with van der Waals surface area (Å²) in [6.45, 7) is 11.7. The maximum atomic E-state index is 14.2. The van der Waals surface area contributed by atoms with Crippen molar-refractivity contribution in [3.63, 3.8) is 0 Å². The van der Waals surface area contributed by atoms with Crippen LogP contribution in [0.3, 0.4) is 0 Å². The molecule has 3 N–H and O–H groups in total. The van der Waals surface area contributed by atoms with Gasteiger partial charge >= 0.3 is 6.09 Å². The van der Waals surface area contributed by atoms with E-state index in [0.29, 0.717) is 24.9 Å². The number of para-hydroxylation sites is 1. The fraction of sp³-hybridized carbons (Fsp3) is 0.700. The number of benzene rings is 1. The zero-order valence-electron chi connectivity index (χ0n) is 24.2. The molecule has 0 radical (unpaired) electrons. The molecule has 0 aromatic heterocycles. The second-order valence-corrected chi connectivity index (χ2v) is 11.9. The van der Waals surface area contributed by atoms with Gasteiger partial charge < -0.3 is 25.4 Å². The third kappa shape index (κ3) is 10.2. The maximum absolute atomic E-state index is 14.2. The van der Waals surface area contributed by atoms with Gasteiger partial charge in [0.1, 0.15) is 23.4 Å². The number of phenolic OH excluding ortho intramolecular Hbond substituents is 1. The molecule has 1 aliphatic carbocycles. The summed E-state index contributed by atoms with van der Waals surface area (Å²) in [5, 5.41) is 16.7. The van der Waals surface area contributed by atoms with Crippen LogP contribution >= 0.6 is 0 Å². The number of alkyl carbamates (subject to hydrolysis) is 1. The van der Waals surface area contributed by atoms with Crippen molar-refractivity contribution >= 4 is 17.9 Å². The quantitative estimate of drug-likeness (QED) is 0.294. The SMILES string of the molecule is CCCCCN(C(=O)C(CC(C)C)NC(=O)OC(C)(C)C)C(C(=O)NC1CCCCC1)c1ccccc1O. The molecular weight excluding hydrogens is 482 g/mol. The van der Waals surface area contributed by atoms with Crippen LogP contribution < -0.4 is 10.6 Å². The Bertz CT molecular complexity index is 905. The van der Waals surface area contributed by atoms with Gasteiger partial charge in [-0.3, -0.25) is 9.59 Å². The fourth-order valence-electron chi connectivity index (χ4n) is 4.94. The molecule has 8 heteroatoms. The van der Waals surface area contributed by atoms with E-state index in [4.69, 9.17) is 4.74 Å². The van der Waals surface area contributed by atoms with E-state index in [1.165, 1.54) is 6.07 Å². The summed E-state index contributed by atoms with van der Waals surface area (Å²) in [5.74, 6) is -0.586. The number of rotatable bonds is 12. The molecule has 1 saturated carbocycles. The molecule has 1 aromatic carbocycles. The molecule has 3 amide bonds. The number of carbonyl (C=O) groups is 3. The number of hydrogen-bond acceptors (Lipinski definition) is 5. The van der Waals surface area contributed by atoms with E-state index in [9.17, 15) is 19.5 Å². The molecule has 0 aliphatic heterocycles.